The zero-order valence-electron chi connectivity index (χ0n) is 18.9. The van der Waals surface area contributed by atoms with Crippen molar-refractivity contribution in [1.29, 1.82) is 5.26 Å². The maximum absolute atomic E-state index is 13.7. The second-order valence-corrected chi connectivity index (χ2v) is 9.30. The molecule has 2 atom stereocenters. The highest BCUT2D eigenvalue weighted by Gasteiger charge is 2.50. The third kappa shape index (κ3) is 4.18. The normalized spacial score (nSPS) is 18.8. The molecule has 1 aliphatic heterocycles. The molecule has 0 saturated heterocycles. The maximum atomic E-state index is 13.7. The molecule has 0 fully saturated rings. The van der Waals surface area contributed by atoms with E-state index in [9.17, 15) is 37.4 Å². The lowest BCUT2D eigenvalue weighted by Crippen LogP contribution is -2.55. The Morgan fingerprint density at radius 3 is 2.58 bits per heavy atom. The van der Waals surface area contributed by atoms with Crippen LogP contribution in [0.25, 0.3) is 0 Å². The summed E-state index contributed by atoms with van der Waals surface area (Å²) in [5, 5.41) is 11.6. The van der Waals surface area contributed by atoms with Gasteiger partial charge in [-0.25, -0.2) is 24.4 Å². The van der Waals surface area contributed by atoms with Crippen LogP contribution in [0.1, 0.15) is 35.6 Å². The molecule has 0 radical (unpaired) electrons. The molecule has 4 rings (SSSR count). The highest BCUT2D eigenvalue weighted by Crippen LogP contribution is 2.46. The van der Waals surface area contributed by atoms with Gasteiger partial charge < -0.3 is 9.87 Å². The Labute approximate surface area is 206 Å². The van der Waals surface area contributed by atoms with Crippen molar-refractivity contribution in [3.8, 4) is 6.07 Å². The lowest BCUT2D eigenvalue weighted by atomic mass is 9.92. The van der Waals surface area contributed by atoms with E-state index in [1.165, 1.54) is 31.5 Å². The van der Waals surface area contributed by atoms with Gasteiger partial charge in [-0.05, 0) is 35.8 Å². The summed E-state index contributed by atoms with van der Waals surface area (Å²) in [7, 11) is 1.25. The number of nitrogens with zero attached hydrogens (tertiary/aromatic N) is 4. The van der Waals surface area contributed by atoms with Crippen molar-refractivity contribution in [1.82, 2.24) is 15.2 Å². The predicted octanol–water partition coefficient (Wildman–Crippen LogP) is 3.65. The van der Waals surface area contributed by atoms with Crippen molar-refractivity contribution in [3.05, 3.63) is 64.5 Å². The van der Waals surface area contributed by atoms with Crippen LogP contribution in [0.15, 0.2) is 52.7 Å². The fourth-order valence-corrected chi connectivity index (χ4v) is 5.12. The molecule has 1 aliphatic carbocycles. The molecule has 2 heterocycles. The van der Waals surface area contributed by atoms with Crippen LogP contribution in [-0.4, -0.2) is 45.6 Å². The minimum absolute atomic E-state index is 0.00817. The van der Waals surface area contributed by atoms with E-state index in [0.29, 0.717) is 11.0 Å². The molecule has 2 aromatic rings. The minimum Gasteiger partial charge on any atom is -0.612 e. The number of allylic oxidation sites excluding steroid dienone is 1. The van der Waals surface area contributed by atoms with Gasteiger partial charge >= 0.3 is 18.2 Å². The van der Waals surface area contributed by atoms with E-state index >= 15 is 0 Å². The van der Waals surface area contributed by atoms with Gasteiger partial charge in [0.2, 0.25) is 0 Å². The molecular weight excluding hydrogens is 499 g/mol. The first-order chi connectivity index (χ1) is 17.0. The van der Waals surface area contributed by atoms with E-state index in [-0.39, 0.29) is 40.1 Å². The predicted molar refractivity (Wildman–Crippen MR) is 121 cm³/mol. The van der Waals surface area contributed by atoms with Gasteiger partial charge in [0.15, 0.2) is 10.7 Å². The van der Waals surface area contributed by atoms with Gasteiger partial charge in [-0.3, -0.25) is 4.79 Å². The number of halogens is 3. The van der Waals surface area contributed by atoms with E-state index < -0.39 is 52.6 Å². The van der Waals surface area contributed by atoms with Gasteiger partial charge in [-0.15, -0.1) is 0 Å². The quantitative estimate of drug-likeness (QED) is 0.619. The first-order valence-electron chi connectivity index (χ1n) is 10.5. The number of anilines is 1. The number of rotatable bonds is 3. The molecule has 0 saturated carbocycles. The Morgan fingerprint density at radius 1 is 1.25 bits per heavy atom. The average Bonchev–Trinajstić information content (AvgIpc) is 3.22. The number of hydrogen-bond acceptors (Lipinski definition) is 6. The van der Waals surface area contributed by atoms with Gasteiger partial charge in [-0.2, -0.15) is 18.4 Å². The first-order valence-corrected chi connectivity index (χ1v) is 12.1. The number of benzene rings is 1. The van der Waals surface area contributed by atoms with Crippen LogP contribution in [0.5, 0.6) is 0 Å². The topological polar surface area (TPSA) is 129 Å². The van der Waals surface area contributed by atoms with E-state index in [4.69, 9.17) is 0 Å². The fourth-order valence-electron chi connectivity index (χ4n) is 4.32. The second kappa shape index (κ2) is 9.29. The summed E-state index contributed by atoms with van der Waals surface area (Å²) in [6.07, 6.45) is -2.51. The van der Waals surface area contributed by atoms with Crippen molar-refractivity contribution < 1.29 is 32.1 Å². The lowest BCUT2D eigenvalue weighted by molar-refractivity contribution is -0.137. The summed E-state index contributed by atoms with van der Waals surface area (Å²) in [4.78, 5) is 45.4. The standard InChI is InChI=1S/C23H18F3N5O4S/c1-28-21(33)31-20(14-4-3-12(11-27)9-17(14)36(2)35)19-15(5-6-16(19)32)30(22(31)34)18-10-13(7-8-29-18)23(24,25)26/h3-4,7-10,20H,5-6H2,1-2H3,(H,28,33). The molecule has 0 bridgehead atoms. The Balaban J connectivity index is 1.99. The summed E-state index contributed by atoms with van der Waals surface area (Å²) in [5.74, 6) is -0.825. The van der Waals surface area contributed by atoms with Gasteiger partial charge in [0.25, 0.3) is 0 Å². The number of carbonyl (C=O) groups is 3. The summed E-state index contributed by atoms with van der Waals surface area (Å²) in [5.41, 5.74) is -0.574. The Bertz CT molecular complexity index is 1350. The largest absolute Gasteiger partial charge is 0.612 e. The molecular formula is C23H18F3N5O4S. The van der Waals surface area contributed by atoms with E-state index in [1.807, 2.05) is 6.07 Å². The second-order valence-electron chi connectivity index (χ2n) is 7.95. The molecule has 1 aromatic carbocycles. The zero-order valence-corrected chi connectivity index (χ0v) is 19.7. The molecule has 0 spiro atoms. The summed E-state index contributed by atoms with van der Waals surface area (Å²) >= 11 is -1.68. The number of alkyl halides is 3. The van der Waals surface area contributed by atoms with Crippen LogP contribution < -0.4 is 10.2 Å². The number of amides is 4. The smallest absolute Gasteiger partial charge is 0.416 e. The van der Waals surface area contributed by atoms with Gasteiger partial charge in [0.1, 0.15) is 18.1 Å². The van der Waals surface area contributed by atoms with Crippen molar-refractivity contribution in [2.75, 3.05) is 18.2 Å². The minimum atomic E-state index is -4.72. The molecule has 13 heteroatoms. The third-order valence-corrected chi connectivity index (χ3v) is 6.85. The highest BCUT2D eigenvalue weighted by molar-refractivity contribution is 7.90. The number of carbonyl (C=O) groups excluding carboxylic acids is 3. The monoisotopic (exact) mass is 517 g/mol. The summed E-state index contributed by atoms with van der Waals surface area (Å²) in [6.45, 7) is 0. The van der Waals surface area contributed by atoms with Gasteiger partial charge in [0, 0.05) is 42.6 Å². The van der Waals surface area contributed by atoms with Crippen molar-refractivity contribution in [3.63, 3.8) is 0 Å². The summed E-state index contributed by atoms with van der Waals surface area (Å²) < 4.78 is 52.7. The molecule has 4 amide bonds. The van der Waals surface area contributed by atoms with Crippen LogP contribution in [0.4, 0.5) is 28.6 Å². The lowest BCUT2D eigenvalue weighted by Gasteiger charge is -2.40. The van der Waals surface area contributed by atoms with Crippen LogP contribution in [0, 0.1) is 11.3 Å². The Hall–Kier alpha value is -3.89. The van der Waals surface area contributed by atoms with Crippen molar-refractivity contribution >= 4 is 34.8 Å². The molecule has 186 valence electrons. The Morgan fingerprint density at radius 2 is 1.97 bits per heavy atom. The highest BCUT2D eigenvalue weighted by atomic mass is 32.2. The number of nitriles is 1. The number of hydrogen-bond donors (Lipinski definition) is 1. The number of pyridine rings is 1. The van der Waals surface area contributed by atoms with E-state index in [2.05, 4.69) is 10.3 Å². The number of nitrogens with one attached hydrogen (secondary N) is 1. The average molecular weight is 517 g/mol. The number of urea groups is 2. The number of ketones is 1. The number of aromatic nitrogens is 1. The van der Waals surface area contributed by atoms with Gasteiger partial charge in [0.05, 0.1) is 17.2 Å². The van der Waals surface area contributed by atoms with Crippen molar-refractivity contribution in [2.24, 2.45) is 0 Å². The van der Waals surface area contributed by atoms with E-state index in [0.717, 1.165) is 17.2 Å². The molecule has 2 unspecified atom stereocenters. The third-order valence-electron chi connectivity index (χ3n) is 5.88. The molecule has 36 heavy (non-hydrogen) atoms. The van der Waals surface area contributed by atoms with Crippen LogP contribution in [0.2, 0.25) is 0 Å². The SMILES string of the molecule is CNC(=O)N1C(=O)N(c2cc(C(F)(F)F)ccn2)C2=C(C(=O)CC2)C1c1ccc(C#N)cc1[S+](C)[O-]. The number of Topliss-reactive ketones (excluding diaryl/α,β-unsaturated/α-hetero) is 1. The first kappa shape index (κ1) is 25.2. The molecule has 2 aliphatic rings. The van der Waals surface area contributed by atoms with Crippen LogP contribution >= 0.6 is 0 Å². The zero-order chi connectivity index (χ0) is 26.4. The van der Waals surface area contributed by atoms with Gasteiger partial charge in [-0.1, -0.05) is 6.07 Å². The molecule has 1 aromatic heterocycles. The Kier molecular flexibility index (Phi) is 6.50. The number of imide groups is 1. The summed E-state index contributed by atoms with van der Waals surface area (Å²) in [6, 6.07) is 4.22. The van der Waals surface area contributed by atoms with Crippen LogP contribution in [-0.2, 0) is 22.1 Å². The van der Waals surface area contributed by atoms with Crippen molar-refractivity contribution in [2.45, 2.75) is 30.0 Å². The fraction of sp³-hybridized carbons (Fsp3) is 0.261. The molecule has 9 nitrogen and oxygen atoms in total. The molecule has 1 N–H and O–H groups in total. The maximum Gasteiger partial charge on any atom is 0.416 e. The van der Waals surface area contributed by atoms with Crippen LogP contribution in [0.3, 0.4) is 0 Å². The van der Waals surface area contributed by atoms with E-state index in [1.54, 1.807) is 0 Å².